The fourth-order valence-corrected chi connectivity index (χ4v) is 3.95. The Labute approximate surface area is 169 Å². The van der Waals surface area contributed by atoms with Crippen molar-refractivity contribution in [1.29, 1.82) is 0 Å². The summed E-state index contributed by atoms with van der Waals surface area (Å²) in [6.45, 7) is 8.50. The third-order valence-corrected chi connectivity index (χ3v) is 5.42. The van der Waals surface area contributed by atoms with E-state index in [-0.39, 0.29) is 6.10 Å². The van der Waals surface area contributed by atoms with E-state index >= 15 is 0 Å². The molecule has 1 heterocycles. The molecule has 0 saturated carbocycles. The summed E-state index contributed by atoms with van der Waals surface area (Å²) in [6, 6.07) is 15.8. The van der Waals surface area contributed by atoms with Crippen LogP contribution in [0.4, 0.5) is 0 Å². The quantitative estimate of drug-likeness (QED) is 0.351. The van der Waals surface area contributed by atoms with Crippen LogP contribution >= 0.6 is 23.4 Å². The molecule has 0 aliphatic carbocycles. The first-order valence-corrected chi connectivity index (χ1v) is 10.1. The van der Waals surface area contributed by atoms with Gasteiger partial charge in [0.25, 0.3) is 0 Å². The predicted molar refractivity (Wildman–Crippen MR) is 111 cm³/mol. The van der Waals surface area contributed by atoms with Gasteiger partial charge in [0.1, 0.15) is 5.75 Å². The van der Waals surface area contributed by atoms with E-state index in [0.29, 0.717) is 6.54 Å². The fourth-order valence-electron chi connectivity index (χ4n) is 2.71. The molecule has 0 saturated heterocycles. The van der Waals surface area contributed by atoms with E-state index in [9.17, 15) is 0 Å². The first kappa shape index (κ1) is 19.5. The zero-order chi connectivity index (χ0) is 19.2. The predicted octanol–water partition coefficient (Wildman–Crippen LogP) is 5.86. The zero-order valence-corrected chi connectivity index (χ0v) is 17.0. The van der Waals surface area contributed by atoms with Crippen LogP contribution in [-0.2, 0) is 12.3 Å². The SMILES string of the molecule is C=CCn1c(SCc2ccccc2Cl)nnc1C(C)Oc1cccc(C)c1. The van der Waals surface area contributed by atoms with Gasteiger partial charge in [-0.15, -0.1) is 16.8 Å². The number of halogens is 1. The van der Waals surface area contributed by atoms with Crippen molar-refractivity contribution >= 4 is 23.4 Å². The van der Waals surface area contributed by atoms with Crippen LogP contribution < -0.4 is 4.74 Å². The molecule has 0 aliphatic rings. The van der Waals surface area contributed by atoms with Gasteiger partial charge in [-0.2, -0.15) is 0 Å². The lowest BCUT2D eigenvalue weighted by Crippen LogP contribution is -2.12. The second kappa shape index (κ2) is 9.11. The van der Waals surface area contributed by atoms with Crippen molar-refractivity contribution in [3.8, 4) is 5.75 Å². The molecule has 0 bridgehead atoms. The first-order chi connectivity index (χ1) is 13.1. The number of ether oxygens (including phenoxy) is 1. The van der Waals surface area contributed by atoms with E-state index in [0.717, 1.165) is 38.6 Å². The summed E-state index contributed by atoms with van der Waals surface area (Å²) in [6.07, 6.45) is 1.61. The summed E-state index contributed by atoms with van der Waals surface area (Å²) in [5, 5.41) is 10.3. The highest BCUT2D eigenvalue weighted by Gasteiger charge is 2.19. The highest BCUT2D eigenvalue weighted by atomic mass is 35.5. The molecule has 0 spiro atoms. The third kappa shape index (κ3) is 4.93. The Morgan fingerprint density at radius 2 is 2.04 bits per heavy atom. The van der Waals surface area contributed by atoms with Crippen molar-refractivity contribution < 1.29 is 4.74 Å². The average Bonchev–Trinajstić information content (AvgIpc) is 3.04. The van der Waals surface area contributed by atoms with Gasteiger partial charge in [-0.05, 0) is 43.2 Å². The topological polar surface area (TPSA) is 39.9 Å². The Bertz CT molecular complexity index is 925. The Kier molecular flexibility index (Phi) is 6.58. The van der Waals surface area contributed by atoms with Crippen LogP contribution in [0, 0.1) is 6.92 Å². The van der Waals surface area contributed by atoms with E-state index in [4.69, 9.17) is 16.3 Å². The average molecular weight is 400 g/mol. The molecule has 2 aromatic carbocycles. The summed E-state index contributed by atoms with van der Waals surface area (Å²) < 4.78 is 8.11. The molecule has 0 N–H and O–H groups in total. The molecule has 4 nitrogen and oxygen atoms in total. The number of aryl methyl sites for hydroxylation is 1. The van der Waals surface area contributed by atoms with Crippen molar-refractivity contribution in [3.63, 3.8) is 0 Å². The van der Waals surface area contributed by atoms with Crippen LogP contribution in [0.15, 0.2) is 66.3 Å². The van der Waals surface area contributed by atoms with Gasteiger partial charge in [-0.1, -0.05) is 59.8 Å². The standard InChI is InChI=1S/C21H22ClN3OS/c1-4-12-25-20(16(3)26-18-10-7-8-15(2)13-18)23-24-21(25)27-14-17-9-5-6-11-19(17)22/h4-11,13,16H,1,12,14H2,2-3H3. The lowest BCUT2D eigenvalue weighted by Gasteiger charge is -2.16. The first-order valence-electron chi connectivity index (χ1n) is 8.72. The van der Waals surface area contributed by atoms with Crippen LogP contribution in [0.1, 0.15) is 30.0 Å². The third-order valence-electron chi connectivity index (χ3n) is 4.04. The van der Waals surface area contributed by atoms with Crippen LogP contribution in [0.25, 0.3) is 0 Å². The van der Waals surface area contributed by atoms with E-state index in [1.807, 2.05) is 73.0 Å². The van der Waals surface area contributed by atoms with Gasteiger partial charge in [0.2, 0.25) is 0 Å². The normalized spacial score (nSPS) is 12.0. The molecular formula is C21H22ClN3OS. The number of benzene rings is 2. The largest absolute Gasteiger partial charge is 0.483 e. The molecule has 6 heteroatoms. The van der Waals surface area contributed by atoms with E-state index in [2.05, 4.69) is 16.8 Å². The fraction of sp³-hybridized carbons (Fsp3) is 0.238. The molecule has 1 aromatic heterocycles. The molecule has 3 aromatic rings. The molecule has 0 fully saturated rings. The van der Waals surface area contributed by atoms with Crippen LogP contribution in [0.5, 0.6) is 5.75 Å². The van der Waals surface area contributed by atoms with Crippen molar-refractivity contribution in [2.75, 3.05) is 0 Å². The molecule has 1 unspecified atom stereocenters. The highest BCUT2D eigenvalue weighted by Crippen LogP contribution is 2.28. The molecule has 0 aliphatic heterocycles. The number of thioether (sulfide) groups is 1. The van der Waals surface area contributed by atoms with Gasteiger partial charge < -0.3 is 4.74 Å². The number of rotatable bonds is 8. The Morgan fingerprint density at radius 3 is 2.78 bits per heavy atom. The van der Waals surface area contributed by atoms with Gasteiger partial charge >= 0.3 is 0 Å². The zero-order valence-electron chi connectivity index (χ0n) is 15.4. The minimum Gasteiger partial charge on any atom is -0.483 e. The molecule has 0 amide bonds. The van der Waals surface area contributed by atoms with Crippen molar-refractivity contribution in [2.45, 2.75) is 37.4 Å². The number of aromatic nitrogens is 3. The van der Waals surface area contributed by atoms with Crippen molar-refractivity contribution in [3.05, 3.63) is 83.2 Å². The number of hydrogen-bond donors (Lipinski definition) is 0. The summed E-state index contributed by atoms with van der Waals surface area (Å²) >= 11 is 7.86. The minimum atomic E-state index is -0.228. The number of nitrogens with zero attached hydrogens (tertiary/aromatic N) is 3. The second-order valence-electron chi connectivity index (χ2n) is 6.20. The summed E-state index contributed by atoms with van der Waals surface area (Å²) in [5.74, 6) is 2.32. The van der Waals surface area contributed by atoms with Crippen molar-refractivity contribution in [1.82, 2.24) is 14.8 Å². The van der Waals surface area contributed by atoms with E-state index in [1.165, 1.54) is 0 Å². The van der Waals surface area contributed by atoms with Crippen LogP contribution in [-0.4, -0.2) is 14.8 Å². The number of allylic oxidation sites excluding steroid dienone is 1. The van der Waals surface area contributed by atoms with Crippen molar-refractivity contribution in [2.24, 2.45) is 0 Å². The van der Waals surface area contributed by atoms with Crippen LogP contribution in [0.2, 0.25) is 5.02 Å². The summed E-state index contributed by atoms with van der Waals surface area (Å²) in [5.41, 5.74) is 2.23. The Balaban J connectivity index is 1.77. The second-order valence-corrected chi connectivity index (χ2v) is 7.55. The van der Waals surface area contributed by atoms with E-state index < -0.39 is 0 Å². The maximum atomic E-state index is 6.26. The van der Waals surface area contributed by atoms with Gasteiger partial charge in [-0.3, -0.25) is 4.57 Å². The molecule has 0 radical (unpaired) electrons. The van der Waals surface area contributed by atoms with Gasteiger partial charge in [0.15, 0.2) is 17.1 Å². The summed E-state index contributed by atoms with van der Waals surface area (Å²) in [7, 11) is 0. The number of hydrogen-bond acceptors (Lipinski definition) is 4. The van der Waals surface area contributed by atoms with E-state index in [1.54, 1.807) is 11.8 Å². The molecule has 1 atom stereocenters. The Morgan fingerprint density at radius 1 is 1.22 bits per heavy atom. The van der Waals surface area contributed by atoms with Crippen LogP contribution in [0.3, 0.4) is 0 Å². The molecule has 3 rings (SSSR count). The smallest absolute Gasteiger partial charge is 0.191 e. The Hall–Kier alpha value is -2.24. The maximum absolute atomic E-state index is 6.26. The molecule has 140 valence electrons. The van der Waals surface area contributed by atoms with Gasteiger partial charge in [0.05, 0.1) is 0 Å². The maximum Gasteiger partial charge on any atom is 0.191 e. The van der Waals surface area contributed by atoms with Gasteiger partial charge in [-0.25, -0.2) is 0 Å². The summed E-state index contributed by atoms with van der Waals surface area (Å²) in [4.78, 5) is 0. The highest BCUT2D eigenvalue weighted by molar-refractivity contribution is 7.98. The minimum absolute atomic E-state index is 0.228. The molecular weight excluding hydrogens is 378 g/mol. The lowest BCUT2D eigenvalue weighted by atomic mass is 10.2. The lowest BCUT2D eigenvalue weighted by molar-refractivity contribution is 0.210. The monoisotopic (exact) mass is 399 g/mol. The molecule has 27 heavy (non-hydrogen) atoms. The van der Waals surface area contributed by atoms with Gasteiger partial charge in [0, 0.05) is 17.3 Å².